The van der Waals surface area contributed by atoms with Crippen molar-refractivity contribution < 1.29 is 14.3 Å². The molecule has 1 fully saturated rings. The number of hydrogen-bond acceptors (Lipinski definition) is 3. The van der Waals surface area contributed by atoms with Crippen LogP contribution in [0.2, 0.25) is 0 Å². The van der Waals surface area contributed by atoms with Crippen LogP contribution in [0.1, 0.15) is 64.9 Å². The summed E-state index contributed by atoms with van der Waals surface area (Å²) in [5, 5.41) is 0. The van der Waals surface area contributed by atoms with Gasteiger partial charge in [-0.2, -0.15) is 0 Å². The van der Waals surface area contributed by atoms with Gasteiger partial charge < -0.3 is 14.4 Å². The van der Waals surface area contributed by atoms with Crippen molar-refractivity contribution in [3.8, 4) is 0 Å². The summed E-state index contributed by atoms with van der Waals surface area (Å²) >= 11 is 0. The molecule has 2 aliphatic rings. The van der Waals surface area contributed by atoms with Gasteiger partial charge in [0.1, 0.15) is 5.60 Å². The Labute approximate surface area is 169 Å². The summed E-state index contributed by atoms with van der Waals surface area (Å²) in [6.07, 6.45) is 9.20. The van der Waals surface area contributed by atoms with E-state index in [2.05, 4.69) is 30.3 Å². The zero-order valence-corrected chi connectivity index (χ0v) is 17.7. The normalized spacial score (nSPS) is 21.3. The lowest BCUT2D eigenvalue weighted by Gasteiger charge is -2.34. The van der Waals surface area contributed by atoms with Crippen molar-refractivity contribution in [2.75, 3.05) is 13.1 Å². The number of benzene rings is 1. The van der Waals surface area contributed by atoms with E-state index in [1.807, 2.05) is 31.7 Å². The van der Waals surface area contributed by atoms with Gasteiger partial charge in [0.15, 0.2) is 0 Å². The number of hydrogen-bond donors (Lipinski definition) is 0. The maximum Gasteiger partial charge on any atom is 0.410 e. The molecular weight excluding hydrogens is 350 g/mol. The first-order valence-electron chi connectivity index (χ1n) is 10.7. The Balaban J connectivity index is 1.37. The average molecular weight is 386 g/mol. The van der Waals surface area contributed by atoms with E-state index in [1.165, 1.54) is 12.0 Å². The van der Waals surface area contributed by atoms with Crippen molar-refractivity contribution in [1.82, 2.24) is 4.90 Å². The van der Waals surface area contributed by atoms with Gasteiger partial charge in [0.25, 0.3) is 0 Å². The smallest absolute Gasteiger partial charge is 0.410 e. The SMILES string of the molecule is CC(C)(C)OC(=O)N1CCC(CC2=CCC(OCc3ccccc3)CC2)CC1. The molecule has 1 amide bonds. The van der Waals surface area contributed by atoms with Crippen LogP contribution in [0.15, 0.2) is 42.0 Å². The highest BCUT2D eigenvalue weighted by atomic mass is 16.6. The minimum absolute atomic E-state index is 0.166. The quantitative estimate of drug-likeness (QED) is 0.609. The van der Waals surface area contributed by atoms with Crippen molar-refractivity contribution in [3.63, 3.8) is 0 Å². The van der Waals surface area contributed by atoms with E-state index < -0.39 is 5.60 Å². The second kappa shape index (κ2) is 9.60. The van der Waals surface area contributed by atoms with E-state index in [0.717, 1.165) is 45.2 Å². The molecule has 0 bridgehead atoms. The average Bonchev–Trinajstić information content (AvgIpc) is 2.67. The number of nitrogens with zero attached hydrogens (tertiary/aromatic N) is 1. The lowest BCUT2D eigenvalue weighted by atomic mass is 9.85. The molecule has 0 saturated carbocycles. The van der Waals surface area contributed by atoms with Crippen LogP contribution in [0.25, 0.3) is 0 Å². The third-order valence-electron chi connectivity index (χ3n) is 5.60. The topological polar surface area (TPSA) is 38.8 Å². The van der Waals surface area contributed by atoms with Gasteiger partial charge in [-0.3, -0.25) is 0 Å². The Morgan fingerprint density at radius 2 is 1.82 bits per heavy atom. The maximum atomic E-state index is 12.2. The molecule has 3 rings (SSSR count). The molecule has 0 radical (unpaired) electrons. The first-order valence-corrected chi connectivity index (χ1v) is 10.7. The van der Waals surface area contributed by atoms with E-state index >= 15 is 0 Å². The molecule has 1 saturated heterocycles. The van der Waals surface area contributed by atoms with E-state index in [-0.39, 0.29) is 6.09 Å². The molecule has 0 N–H and O–H groups in total. The summed E-state index contributed by atoms with van der Waals surface area (Å²) in [5.41, 5.74) is 2.41. The molecule has 0 aromatic heterocycles. The van der Waals surface area contributed by atoms with Gasteiger partial charge in [-0.1, -0.05) is 42.0 Å². The van der Waals surface area contributed by atoms with Gasteiger partial charge in [-0.25, -0.2) is 4.79 Å². The molecule has 1 aliphatic carbocycles. The van der Waals surface area contributed by atoms with Crippen LogP contribution in [-0.2, 0) is 16.1 Å². The molecule has 28 heavy (non-hydrogen) atoms. The molecule has 1 heterocycles. The maximum absolute atomic E-state index is 12.2. The van der Waals surface area contributed by atoms with E-state index in [4.69, 9.17) is 9.47 Å². The molecule has 154 valence electrons. The minimum atomic E-state index is -0.417. The first-order chi connectivity index (χ1) is 13.4. The fourth-order valence-electron chi connectivity index (χ4n) is 4.01. The van der Waals surface area contributed by atoms with Crippen molar-refractivity contribution in [1.29, 1.82) is 0 Å². The van der Waals surface area contributed by atoms with Crippen molar-refractivity contribution >= 4 is 6.09 Å². The van der Waals surface area contributed by atoms with E-state index in [0.29, 0.717) is 18.6 Å². The third-order valence-corrected chi connectivity index (χ3v) is 5.60. The molecule has 0 spiro atoms. The van der Waals surface area contributed by atoms with Crippen molar-refractivity contribution in [3.05, 3.63) is 47.5 Å². The molecule has 1 aromatic carbocycles. The third kappa shape index (κ3) is 6.66. The number of carbonyl (C=O) groups excluding carboxylic acids is 1. The molecule has 1 atom stereocenters. The number of carbonyl (C=O) groups is 1. The zero-order valence-electron chi connectivity index (χ0n) is 17.7. The zero-order chi connectivity index (χ0) is 20.0. The van der Waals surface area contributed by atoms with Crippen LogP contribution < -0.4 is 0 Å². The molecule has 1 aromatic rings. The standard InChI is InChI=1S/C24H35NO3/c1-24(2,3)28-23(26)25-15-13-20(14-16-25)17-19-9-11-22(12-10-19)27-18-21-7-5-4-6-8-21/h4-9,20,22H,10-18H2,1-3H3. The fourth-order valence-corrected chi connectivity index (χ4v) is 4.01. The summed E-state index contributed by atoms with van der Waals surface area (Å²) in [5.74, 6) is 0.687. The van der Waals surface area contributed by atoms with Gasteiger partial charge in [0.2, 0.25) is 0 Å². The van der Waals surface area contributed by atoms with Gasteiger partial charge in [-0.15, -0.1) is 0 Å². The minimum Gasteiger partial charge on any atom is -0.444 e. The van der Waals surface area contributed by atoms with Crippen LogP contribution in [-0.4, -0.2) is 35.8 Å². The summed E-state index contributed by atoms with van der Waals surface area (Å²) in [4.78, 5) is 14.1. The summed E-state index contributed by atoms with van der Waals surface area (Å²) in [6, 6.07) is 10.4. The van der Waals surface area contributed by atoms with Crippen molar-refractivity contribution in [2.45, 2.75) is 77.6 Å². The van der Waals surface area contributed by atoms with Gasteiger partial charge >= 0.3 is 6.09 Å². The van der Waals surface area contributed by atoms with Gasteiger partial charge in [0, 0.05) is 13.1 Å². The van der Waals surface area contributed by atoms with E-state index in [9.17, 15) is 4.79 Å². The molecule has 1 unspecified atom stereocenters. The number of amides is 1. The predicted octanol–water partition coefficient (Wildman–Crippen LogP) is 5.72. The second-order valence-electron chi connectivity index (χ2n) is 9.17. The monoisotopic (exact) mass is 385 g/mol. The second-order valence-corrected chi connectivity index (χ2v) is 9.17. The van der Waals surface area contributed by atoms with Gasteiger partial charge in [0.05, 0.1) is 12.7 Å². The predicted molar refractivity (Wildman–Crippen MR) is 112 cm³/mol. The largest absolute Gasteiger partial charge is 0.444 e. The Morgan fingerprint density at radius 1 is 1.11 bits per heavy atom. The Bertz CT molecular complexity index is 654. The lowest BCUT2D eigenvalue weighted by Crippen LogP contribution is -2.41. The van der Waals surface area contributed by atoms with E-state index in [1.54, 1.807) is 5.57 Å². The van der Waals surface area contributed by atoms with Gasteiger partial charge in [-0.05, 0) is 70.8 Å². The number of allylic oxidation sites excluding steroid dienone is 1. The highest BCUT2D eigenvalue weighted by Crippen LogP contribution is 2.30. The number of piperidine rings is 1. The Hall–Kier alpha value is -1.81. The fraction of sp³-hybridized carbons (Fsp3) is 0.625. The molecule has 4 nitrogen and oxygen atoms in total. The van der Waals surface area contributed by atoms with Crippen LogP contribution in [0.4, 0.5) is 4.79 Å². The van der Waals surface area contributed by atoms with Crippen LogP contribution in [0.5, 0.6) is 0 Å². The highest BCUT2D eigenvalue weighted by molar-refractivity contribution is 5.68. The number of ether oxygens (including phenoxy) is 2. The Kier molecular flexibility index (Phi) is 7.17. The van der Waals surface area contributed by atoms with Crippen LogP contribution in [0, 0.1) is 5.92 Å². The van der Waals surface area contributed by atoms with Crippen molar-refractivity contribution in [2.24, 2.45) is 5.92 Å². The van der Waals surface area contributed by atoms with Crippen LogP contribution in [0.3, 0.4) is 0 Å². The summed E-state index contributed by atoms with van der Waals surface area (Å²) in [6.45, 7) is 8.10. The molecular formula is C24H35NO3. The lowest BCUT2D eigenvalue weighted by molar-refractivity contribution is 0.0180. The number of rotatable bonds is 5. The Morgan fingerprint density at radius 3 is 2.43 bits per heavy atom. The molecule has 4 heteroatoms. The highest BCUT2D eigenvalue weighted by Gasteiger charge is 2.27. The van der Waals surface area contributed by atoms with Crippen LogP contribution >= 0.6 is 0 Å². The molecule has 1 aliphatic heterocycles. The number of likely N-dealkylation sites (tertiary alicyclic amines) is 1. The summed E-state index contributed by atoms with van der Waals surface area (Å²) in [7, 11) is 0. The first kappa shape index (κ1) is 20.9. The summed E-state index contributed by atoms with van der Waals surface area (Å²) < 4.78 is 11.6.